The van der Waals surface area contributed by atoms with Crippen LogP contribution in [0.4, 0.5) is 4.79 Å². The van der Waals surface area contributed by atoms with E-state index in [1.165, 1.54) is 0 Å². The van der Waals surface area contributed by atoms with E-state index in [2.05, 4.69) is 9.71 Å². The van der Waals surface area contributed by atoms with Gasteiger partial charge in [-0.25, -0.2) is 4.79 Å². The summed E-state index contributed by atoms with van der Waals surface area (Å²) in [4.78, 5) is 18.6. The predicted octanol–water partition coefficient (Wildman–Crippen LogP) is 2.98. The molecule has 1 aromatic heterocycles. The summed E-state index contributed by atoms with van der Waals surface area (Å²) in [7, 11) is 0. The maximum atomic E-state index is 12.6. The molecule has 0 saturated carbocycles. The zero-order chi connectivity index (χ0) is 20.9. The van der Waals surface area contributed by atoms with E-state index in [1.54, 1.807) is 11.1 Å². The topological polar surface area (TPSA) is 86.8 Å². The van der Waals surface area contributed by atoms with Gasteiger partial charge in [0.2, 0.25) is 0 Å². The Balaban J connectivity index is 2.16. The molecule has 0 bridgehead atoms. The van der Waals surface area contributed by atoms with Crippen molar-refractivity contribution in [2.24, 2.45) is 5.92 Å². The van der Waals surface area contributed by atoms with Crippen LogP contribution in [0.5, 0.6) is 0 Å². The molecule has 1 amide bonds. The summed E-state index contributed by atoms with van der Waals surface area (Å²) in [6.45, 7) is 12.8. The number of nitrogens with one attached hydrogen (secondary N) is 1. The zero-order valence-corrected chi connectivity index (χ0v) is 18.5. The number of rotatable bonds is 6. The smallest absolute Gasteiger partial charge is 0.410 e. The first-order chi connectivity index (χ1) is 13.0. The molecule has 1 aromatic rings. The molecule has 1 saturated heterocycles. The molecule has 1 fully saturated rings. The quantitative estimate of drug-likeness (QED) is 0.724. The van der Waals surface area contributed by atoms with Crippen molar-refractivity contribution in [2.45, 2.75) is 59.3 Å². The van der Waals surface area contributed by atoms with Gasteiger partial charge in [0.1, 0.15) is 23.5 Å². The lowest BCUT2D eigenvalue weighted by molar-refractivity contribution is -0.0532. The highest BCUT2D eigenvalue weighted by atomic mass is 32.2. The number of hydrogen-bond acceptors (Lipinski definition) is 6. The normalized spacial score (nSPS) is 20.1. The van der Waals surface area contributed by atoms with Crippen molar-refractivity contribution < 1.29 is 18.8 Å². The van der Waals surface area contributed by atoms with Crippen molar-refractivity contribution in [2.75, 3.05) is 25.4 Å². The Bertz CT molecular complexity index is 633. The van der Waals surface area contributed by atoms with Crippen LogP contribution >= 0.6 is 0 Å². The SMILES string of the molecule is Cc1ccc(C(N[S@@+]([O-])CC(C)C)[C@H]2CN(C(=O)OC(C)(C)C)CCO2)nc1. The fraction of sp³-hybridized carbons (Fsp3) is 0.700. The number of amides is 1. The molecule has 158 valence electrons. The predicted molar refractivity (Wildman–Crippen MR) is 110 cm³/mol. The van der Waals surface area contributed by atoms with Crippen molar-refractivity contribution in [1.82, 2.24) is 14.6 Å². The molecule has 1 N–H and O–H groups in total. The van der Waals surface area contributed by atoms with Gasteiger partial charge >= 0.3 is 6.09 Å². The maximum Gasteiger partial charge on any atom is 0.410 e. The van der Waals surface area contributed by atoms with E-state index >= 15 is 0 Å². The van der Waals surface area contributed by atoms with Crippen LogP contribution in [0.3, 0.4) is 0 Å². The number of aryl methyl sites for hydroxylation is 1. The van der Waals surface area contributed by atoms with Gasteiger partial charge in [-0.15, -0.1) is 4.72 Å². The molecule has 0 radical (unpaired) electrons. The molecule has 0 aromatic carbocycles. The largest absolute Gasteiger partial charge is 0.598 e. The van der Waals surface area contributed by atoms with E-state index in [0.29, 0.717) is 31.4 Å². The molecule has 1 aliphatic rings. The lowest BCUT2D eigenvalue weighted by Crippen LogP contribution is -2.52. The van der Waals surface area contributed by atoms with Gasteiger partial charge in [-0.1, -0.05) is 19.9 Å². The minimum absolute atomic E-state index is 0.297. The molecule has 7 nitrogen and oxygen atoms in total. The van der Waals surface area contributed by atoms with Gasteiger partial charge in [-0.3, -0.25) is 4.98 Å². The maximum absolute atomic E-state index is 12.6. The first-order valence-electron chi connectivity index (χ1n) is 9.72. The average molecular weight is 412 g/mol. The Morgan fingerprint density at radius 2 is 2.18 bits per heavy atom. The highest BCUT2D eigenvalue weighted by molar-refractivity contribution is 7.89. The Kier molecular flexibility index (Phi) is 8.12. The highest BCUT2D eigenvalue weighted by Crippen LogP contribution is 2.24. The Morgan fingerprint density at radius 3 is 2.75 bits per heavy atom. The van der Waals surface area contributed by atoms with Gasteiger partial charge in [0.15, 0.2) is 0 Å². The summed E-state index contributed by atoms with van der Waals surface area (Å²) in [6, 6.07) is 3.50. The van der Waals surface area contributed by atoms with Crippen molar-refractivity contribution in [3.63, 3.8) is 0 Å². The second-order valence-electron chi connectivity index (χ2n) is 8.60. The molecule has 1 unspecified atom stereocenters. The lowest BCUT2D eigenvalue weighted by Gasteiger charge is -2.37. The number of pyridine rings is 1. The molecule has 2 heterocycles. The first-order valence-corrected chi connectivity index (χ1v) is 11.0. The van der Waals surface area contributed by atoms with Gasteiger partial charge in [0.25, 0.3) is 0 Å². The molecule has 3 atom stereocenters. The van der Waals surface area contributed by atoms with Crippen molar-refractivity contribution in [1.29, 1.82) is 0 Å². The summed E-state index contributed by atoms with van der Waals surface area (Å²) >= 11 is -1.23. The summed E-state index contributed by atoms with van der Waals surface area (Å²) < 4.78 is 27.2. The van der Waals surface area contributed by atoms with Crippen LogP contribution < -0.4 is 4.72 Å². The Labute approximate surface area is 171 Å². The fourth-order valence-electron chi connectivity index (χ4n) is 2.85. The third-order valence-electron chi connectivity index (χ3n) is 4.11. The first kappa shape index (κ1) is 22.9. The summed E-state index contributed by atoms with van der Waals surface area (Å²) in [5.74, 6) is 0.829. The summed E-state index contributed by atoms with van der Waals surface area (Å²) in [5, 5.41) is 0. The Morgan fingerprint density at radius 1 is 1.46 bits per heavy atom. The molecule has 28 heavy (non-hydrogen) atoms. The molecule has 8 heteroatoms. The van der Waals surface area contributed by atoms with Crippen molar-refractivity contribution in [3.05, 3.63) is 29.6 Å². The number of morpholine rings is 1. The van der Waals surface area contributed by atoms with Crippen LogP contribution in [0.1, 0.15) is 51.9 Å². The van der Waals surface area contributed by atoms with Crippen LogP contribution in [-0.2, 0) is 20.8 Å². The molecule has 0 spiro atoms. The van der Waals surface area contributed by atoms with Crippen LogP contribution in [-0.4, -0.2) is 57.7 Å². The third-order valence-corrected chi connectivity index (χ3v) is 5.60. The van der Waals surface area contributed by atoms with E-state index in [9.17, 15) is 9.35 Å². The van der Waals surface area contributed by atoms with Crippen LogP contribution in [0.2, 0.25) is 0 Å². The van der Waals surface area contributed by atoms with Crippen molar-refractivity contribution in [3.8, 4) is 0 Å². The molecule has 0 aliphatic carbocycles. The molecule has 1 aliphatic heterocycles. The number of carbonyl (C=O) groups is 1. The van der Waals surface area contributed by atoms with E-state index in [0.717, 1.165) is 11.3 Å². The van der Waals surface area contributed by atoms with Crippen LogP contribution in [0.15, 0.2) is 18.3 Å². The van der Waals surface area contributed by atoms with E-state index in [-0.39, 0.29) is 18.2 Å². The minimum atomic E-state index is -1.23. The van der Waals surface area contributed by atoms with Gasteiger partial charge in [-0.05, 0) is 45.2 Å². The molecular weight excluding hydrogens is 378 g/mol. The highest BCUT2D eigenvalue weighted by Gasteiger charge is 2.36. The van der Waals surface area contributed by atoms with Gasteiger partial charge in [0, 0.05) is 24.1 Å². The number of nitrogens with zero attached hydrogens (tertiary/aromatic N) is 2. The number of carbonyl (C=O) groups excluding carboxylic acids is 1. The summed E-state index contributed by atoms with van der Waals surface area (Å²) in [6.07, 6.45) is 1.05. The van der Waals surface area contributed by atoms with Crippen LogP contribution in [0.25, 0.3) is 0 Å². The summed E-state index contributed by atoms with van der Waals surface area (Å²) in [5.41, 5.74) is 1.24. The molecular formula is C20H33N3O4S. The average Bonchev–Trinajstić information content (AvgIpc) is 2.58. The van der Waals surface area contributed by atoms with Gasteiger partial charge < -0.3 is 18.9 Å². The van der Waals surface area contributed by atoms with Gasteiger partial charge in [0.05, 0.1) is 18.8 Å². The minimum Gasteiger partial charge on any atom is -0.598 e. The monoisotopic (exact) mass is 411 g/mol. The number of hydrogen-bond donors (Lipinski definition) is 1. The zero-order valence-electron chi connectivity index (χ0n) is 17.7. The Hall–Kier alpha value is -1.35. The lowest BCUT2D eigenvalue weighted by atomic mass is 10.1. The molecule has 2 rings (SSSR count). The standard InChI is InChI=1S/C20H33N3O4S/c1-14(2)13-28(25)22-18(16-8-7-15(3)11-21-16)17-12-23(9-10-26-17)19(24)27-20(4,5)6/h7-8,11,14,17-18,22H,9-10,12-13H2,1-6H3/t17-,18?,28+/m1/s1. The van der Waals surface area contributed by atoms with Gasteiger partial charge in [-0.2, -0.15) is 0 Å². The van der Waals surface area contributed by atoms with Crippen molar-refractivity contribution >= 4 is 17.5 Å². The second-order valence-corrected chi connectivity index (χ2v) is 9.86. The van der Waals surface area contributed by atoms with E-state index in [1.807, 2.05) is 53.7 Å². The number of aromatic nitrogens is 1. The van der Waals surface area contributed by atoms with E-state index < -0.39 is 17.0 Å². The fourth-order valence-corrected chi connectivity index (χ4v) is 4.11. The number of ether oxygens (including phenoxy) is 2. The second kappa shape index (κ2) is 9.91. The third kappa shape index (κ3) is 7.24. The van der Waals surface area contributed by atoms with E-state index in [4.69, 9.17) is 9.47 Å². The van der Waals surface area contributed by atoms with Crippen LogP contribution in [0, 0.1) is 12.8 Å².